The third kappa shape index (κ3) is 9.28. The summed E-state index contributed by atoms with van der Waals surface area (Å²) >= 11 is 0. The van der Waals surface area contributed by atoms with Gasteiger partial charge in [0, 0.05) is 6.61 Å². The molecule has 1 atom stereocenters. The van der Waals surface area contributed by atoms with Crippen LogP contribution in [-0.2, 0) is 9.47 Å². The summed E-state index contributed by atoms with van der Waals surface area (Å²) in [4.78, 5) is 11.6. The van der Waals surface area contributed by atoms with Crippen molar-refractivity contribution in [3.05, 3.63) is 0 Å². The summed E-state index contributed by atoms with van der Waals surface area (Å²) in [6.45, 7) is 14.2. The van der Waals surface area contributed by atoms with Crippen LogP contribution in [0.4, 0.5) is 4.79 Å². The molecule has 0 saturated carbocycles. The van der Waals surface area contributed by atoms with E-state index in [1.54, 1.807) is 0 Å². The molecule has 1 unspecified atom stereocenters. The van der Waals surface area contributed by atoms with Crippen molar-refractivity contribution in [2.45, 2.75) is 72.6 Å². The number of ether oxygens (including phenoxy) is 2. The van der Waals surface area contributed by atoms with E-state index in [0.29, 0.717) is 12.5 Å². The number of carbonyl (C=O) groups excluding carboxylic acids is 1. The third-order valence-electron chi connectivity index (χ3n) is 2.57. The average Bonchev–Trinajstić information content (AvgIpc) is 2.12. The molecule has 108 valence electrons. The van der Waals surface area contributed by atoms with Gasteiger partial charge >= 0.3 is 6.09 Å². The van der Waals surface area contributed by atoms with E-state index in [1.807, 2.05) is 34.6 Å². The van der Waals surface area contributed by atoms with E-state index in [-0.39, 0.29) is 0 Å². The van der Waals surface area contributed by atoms with Crippen molar-refractivity contribution in [1.29, 1.82) is 0 Å². The molecule has 1 N–H and O–H groups in total. The van der Waals surface area contributed by atoms with Gasteiger partial charge in [-0.25, -0.2) is 4.79 Å². The summed E-state index contributed by atoms with van der Waals surface area (Å²) in [5, 5.41) is 2.72. The number of amides is 1. The minimum atomic E-state index is -0.699. The highest BCUT2D eigenvalue weighted by atomic mass is 16.6. The first-order valence-electron chi connectivity index (χ1n) is 6.71. The Balaban J connectivity index is 4.03. The highest BCUT2D eigenvalue weighted by Crippen LogP contribution is 2.13. The fourth-order valence-corrected chi connectivity index (χ4v) is 1.30. The minimum absolute atomic E-state index is 0.448. The Kier molecular flexibility index (Phi) is 6.68. The van der Waals surface area contributed by atoms with Gasteiger partial charge in [0.15, 0.2) is 0 Å². The second kappa shape index (κ2) is 6.98. The van der Waals surface area contributed by atoms with Gasteiger partial charge in [-0.3, -0.25) is 5.32 Å². The van der Waals surface area contributed by atoms with E-state index < -0.39 is 17.4 Å². The van der Waals surface area contributed by atoms with Crippen molar-refractivity contribution in [3.63, 3.8) is 0 Å². The summed E-state index contributed by atoms with van der Waals surface area (Å²) in [6.07, 6.45) is 1.69. The zero-order chi connectivity index (χ0) is 14.4. The Morgan fingerprint density at radius 1 is 1.22 bits per heavy atom. The van der Waals surface area contributed by atoms with Crippen molar-refractivity contribution in [2.24, 2.45) is 5.92 Å². The number of carbonyl (C=O) groups is 1. The third-order valence-corrected chi connectivity index (χ3v) is 2.57. The van der Waals surface area contributed by atoms with E-state index in [2.05, 4.69) is 19.2 Å². The van der Waals surface area contributed by atoms with Crippen LogP contribution in [0.25, 0.3) is 0 Å². The van der Waals surface area contributed by atoms with E-state index in [1.165, 1.54) is 0 Å². The number of rotatable bonds is 6. The molecule has 0 aromatic carbocycles. The first-order valence-corrected chi connectivity index (χ1v) is 6.71. The maximum Gasteiger partial charge on any atom is 0.409 e. The summed E-state index contributed by atoms with van der Waals surface area (Å²) in [5.41, 5.74) is -1.19. The molecule has 0 rings (SSSR count). The van der Waals surface area contributed by atoms with Gasteiger partial charge in [0.2, 0.25) is 0 Å². The molecule has 0 aromatic rings. The zero-order valence-corrected chi connectivity index (χ0v) is 12.9. The normalized spacial score (nSPS) is 14.2. The second-order valence-corrected chi connectivity index (χ2v) is 6.29. The molecule has 4 heteroatoms. The predicted molar refractivity (Wildman–Crippen MR) is 73.5 cm³/mol. The van der Waals surface area contributed by atoms with Crippen LogP contribution in [0.15, 0.2) is 0 Å². The van der Waals surface area contributed by atoms with Gasteiger partial charge in [-0.05, 0) is 47.0 Å². The largest absolute Gasteiger partial charge is 0.444 e. The molecule has 1 amide bonds. The van der Waals surface area contributed by atoms with Gasteiger partial charge in [0.25, 0.3) is 0 Å². The molecular formula is C14H29NO3. The van der Waals surface area contributed by atoms with E-state index in [4.69, 9.17) is 9.47 Å². The van der Waals surface area contributed by atoms with Crippen LogP contribution < -0.4 is 5.32 Å². The first kappa shape index (κ1) is 17.2. The molecule has 4 nitrogen and oxygen atoms in total. The number of nitrogens with one attached hydrogen (secondary N) is 1. The molecule has 0 radical (unpaired) electrons. The fraction of sp³-hybridized carbons (Fsp3) is 0.929. The van der Waals surface area contributed by atoms with Crippen molar-refractivity contribution >= 4 is 6.09 Å². The molecule has 0 aliphatic heterocycles. The summed E-state index contributed by atoms with van der Waals surface area (Å²) in [5.74, 6) is 0.641. The number of alkyl carbamates (subject to hydrolysis) is 1. The maximum atomic E-state index is 11.6. The molecule has 0 aliphatic carbocycles. The van der Waals surface area contributed by atoms with E-state index in [9.17, 15) is 4.79 Å². The quantitative estimate of drug-likeness (QED) is 0.740. The Morgan fingerprint density at radius 3 is 2.22 bits per heavy atom. The highest BCUT2D eigenvalue weighted by Gasteiger charge is 2.24. The Morgan fingerprint density at radius 2 is 1.78 bits per heavy atom. The standard InChI is InChI=1S/C14H29NO3/c1-8-11(2)9-10-17-14(6,7)15-12(16)18-13(3,4)5/h11H,8-10H2,1-7H3,(H,15,16). The molecule has 0 bridgehead atoms. The summed E-state index contributed by atoms with van der Waals surface area (Å²) in [7, 11) is 0. The molecule has 18 heavy (non-hydrogen) atoms. The van der Waals surface area contributed by atoms with Crippen LogP contribution in [0.1, 0.15) is 61.3 Å². The van der Waals surface area contributed by atoms with Gasteiger partial charge in [-0.1, -0.05) is 20.3 Å². The monoisotopic (exact) mass is 259 g/mol. The molecule has 0 aromatic heterocycles. The van der Waals surface area contributed by atoms with Crippen LogP contribution in [0.3, 0.4) is 0 Å². The molecular weight excluding hydrogens is 230 g/mol. The average molecular weight is 259 g/mol. The molecule has 0 saturated heterocycles. The summed E-state index contributed by atoms with van der Waals surface area (Å²) in [6, 6.07) is 0. The van der Waals surface area contributed by atoms with Crippen LogP contribution in [0, 0.1) is 5.92 Å². The zero-order valence-electron chi connectivity index (χ0n) is 12.9. The van der Waals surface area contributed by atoms with Gasteiger partial charge < -0.3 is 9.47 Å². The number of hydrogen-bond donors (Lipinski definition) is 1. The van der Waals surface area contributed by atoms with Crippen molar-refractivity contribution < 1.29 is 14.3 Å². The SMILES string of the molecule is CCC(C)CCOC(C)(C)NC(=O)OC(C)(C)C. The second-order valence-electron chi connectivity index (χ2n) is 6.29. The molecule has 0 fully saturated rings. The lowest BCUT2D eigenvalue weighted by molar-refractivity contribution is -0.0518. The van der Waals surface area contributed by atoms with Gasteiger partial charge in [0.1, 0.15) is 11.3 Å². The van der Waals surface area contributed by atoms with Crippen molar-refractivity contribution in [1.82, 2.24) is 5.32 Å². The maximum absolute atomic E-state index is 11.6. The minimum Gasteiger partial charge on any atom is -0.444 e. The van der Waals surface area contributed by atoms with Crippen molar-refractivity contribution in [3.8, 4) is 0 Å². The van der Waals surface area contributed by atoms with Crippen LogP contribution in [-0.4, -0.2) is 24.0 Å². The molecule has 0 heterocycles. The van der Waals surface area contributed by atoms with Crippen molar-refractivity contribution in [2.75, 3.05) is 6.61 Å². The predicted octanol–water partition coefficient (Wildman–Crippen LogP) is 3.70. The highest BCUT2D eigenvalue weighted by molar-refractivity contribution is 5.68. The Hall–Kier alpha value is -0.770. The van der Waals surface area contributed by atoms with Crippen LogP contribution in [0.5, 0.6) is 0 Å². The van der Waals surface area contributed by atoms with Gasteiger partial charge in [0.05, 0.1) is 0 Å². The topological polar surface area (TPSA) is 47.6 Å². The lowest BCUT2D eigenvalue weighted by Gasteiger charge is -2.29. The fourth-order valence-electron chi connectivity index (χ4n) is 1.30. The number of hydrogen-bond acceptors (Lipinski definition) is 3. The lowest BCUT2D eigenvalue weighted by atomic mass is 10.1. The lowest BCUT2D eigenvalue weighted by Crippen LogP contribution is -2.47. The Bertz CT molecular complexity index is 256. The Labute approximate surface area is 111 Å². The van der Waals surface area contributed by atoms with Crippen LogP contribution >= 0.6 is 0 Å². The summed E-state index contributed by atoms with van der Waals surface area (Å²) < 4.78 is 10.9. The molecule has 0 spiro atoms. The smallest absolute Gasteiger partial charge is 0.409 e. The molecule has 0 aliphatic rings. The van der Waals surface area contributed by atoms with Gasteiger partial charge in [-0.15, -0.1) is 0 Å². The first-order chi connectivity index (χ1) is 8.06. The van der Waals surface area contributed by atoms with E-state index >= 15 is 0 Å². The van der Waals surface area contributed by atoms with E-state index in [0.717, 1.165) is 12.8 Å². The van der Waals surface area contributed by atoms with Crippen LogP contribution in [0.2, 0.25) is 0 Å². The van der Waals surface area contributed by atoms with Gasteiger partial charge in [-0.2, -0.15) is 0 Å².